The van der Waals surface area contributed by atoms with Gasteiger partial charge in [-0.3, -0.25) is 0 Å². The van der Waals surface area contributed by atoms with Gasteiger partial charge in [0, 0.05) is 19.2 Å². The van der Waals surface area contributed by atoms with Crippen LogP contribution in [0, 0.1) is 29.6 Å². The maximum absolute atomic E-state index is 5.66. The Morgan fingerprint density at radius 2 is 1.94 bits per heavy atom. The second-order valence-corrected chi connectivity index (χ2v) is 7.18. The highest BCUT2D eigenvalue weighted by atomic mass is 16.5. The molecule has 18 heavy (non-hydrogen) atoms. The smallest absolute Gasteiger partial charge is 0.0591 e. The Bertz CT molecular complexity index is 278. The highest BCUT2D eigenvalue weighted by Crippen LogP contribution is 2.58. The summed E-state index contributed by atoms with van der Waals surface area (Å²) in [4.78, 5) is 0. The molecular weight excluding hydrogens is 222 g/mol. The summed E-state index contributed by atoms with van der Waals surface area (Å²) in [6, 6.07) is 0.817. The van der Waals surface area contributed by atoms with E-state index in [4.69, 9.17) is 4.74 Å². The molecule has 2 heteroatoms. The largest absolute Gasteiger partial charge is 0.380 e. The lowest BCUT2D eigenvalue weighted by atomic mass is 9.79. The van der Waals surface area contributed by atoms with E-state index in [1.807, 2.05) is 0 Å². The minimum atomic E-state index is 0.659. The van der Waals surface area contributed by atoms with Crippen molar-refractivity contribution in [2.45, 2.75) is 52.0 Å². The lowest BCUT2D eigenvalue weighted by Gasteiger charge is -2.32. The number of nitrogens with one attached hydrogen (secondary N) is 1. The summed E-state index contributed by atoms with van der Waals surface area (Å²) in [6.45, 7) is 7.27. The summed E-state index contributed by atoms with van der Waals surface area (Å²) in [5.74, 6) is 4.93. The zero-order valence-corrected chi connectivity index (χ0v) is 12.0. The molecule has 3 aliphatic carbocycles. The van der Waals surface area contributed by atoms with Gasteiger partial charge in [0.15, 0.2) is 0 Å². The number of hydrogen-bond donors (Lipinski definition) is 1. The molecule has 3 aliphatic rings. The van der Waals surface area contributed by atoms with E-state index in [1.54, 1.807) is 0 Å². The molecule has 104 valence electrons. The van der Waals surface area contributed by atoms with Gasteiger partial charge in [0.2, 0.25) is 0 Å². The molecule has 5 atom stereocenters. The number of fused-ring (bicyclic) bond motifs is 5. The van der Waals surface area contributed by atoms with E-state index in [1.165, 1.54) is 32.1 Å². The molecule has 3 rings (SSSR count). The van der Waals surface area contributed by atoms with Crippen LogP contribution in [0.15, 0.2) is 0 Å². The monoisotopic (exact) mass is 251 g/mol. The zero-order chi connectivity index (χ0) is 12.5. The van der Waals surface area contributed by atoms with E-state index in [-0.39, 0.29) is 0 Å². The van der Waals surface area contributed by atoms with Gasteiger partial charge < -0.3 is 10.1 Å². The Labute approximate surface area is 112 Å². The zero-order valence-electron chi connectivity index (χ0n) is 12.0. The third kappa shape index (κ3) is 2.46. The molecule has 1 N–H and O–H groups in total. The molecule has 0 aromatic carbocycles. The Kier molecular flexibility index (Phi) is 3.95. The molecule has 2 nitrogen and oxygen atoms in total. The Morgan fingerprint density at radius 1 is 1.11 bits per heavy atom. The summed E-state index contributed by atoms with van der Waals surface area (Å²) in [5.41, 5.74) is 0. The van der Waals surface area contributed by atoms with Gasteiger partial charge in [0.1, 0.15) is 0 Å². The van der Waals surface area contributed by atoms with Crippen molar-refractivity contribution in [3.8, 4) is 0 Å². The molecule has 2 bridgehead atoms. The summed E-state index contributed by atoms with van der Waals surface area (Å²) in [6.07, 6.45) is 7.55. The van der Waals surface area contributed by atoms with Gasteiger partial charge in [0.25, 0.3) is 0 Å². The van der Waals surface area contributed by atoms with Crippen LogP contribution in [0.25, 0.3) is 0 Å². The van der Waals surface area contributed by atoms with Gasteiger partial charge in [-0.05, 0) is 55.3 Å². The fourth-order valence-electron chi connectivity index (χ4n) is 4.94. The van der Waals surface area contributed by atoms with Crippen LogP contribution in [-0.2, 0) is 4.74 Å². The average Bonchev–Trinajstić information content (AvgIpc) is 2.99. The first-order chi connectivity index (χ1) is 8.75. The van der Waals surface area contributed by atoms with E-state index >= 15 is 0 Å². The highest BCUT2D eigenvalue weighted by Gasteiger charge is 2.53. The lowest BCUT2D eigenvalue weighted by molar-refractivity contribution is 0.105. The van der Waals surface area contributed by atoms with Gasteiger partial charge in [-0.2, -0.15) is 0 Å². The van der Waals surface area contributed by atoms with Crippen molar-refractivity contribution in [3.63, 3.8) is 0 Å². The van der Waals surface area contributed by atoms with Crippen molar-refractivity contribution < 1.29 is 4.74 Å². The molecular formula is C16H29NO. The van der Waals surface area contributed by atoms with Crippen LogP contribution in [0.2, 0.25) is 0 Å². The number of ether oxygens (including phenoxy) is 1. The van der Waals surface area contributed by atoms with E-state index in [9.17, 15) is 0 Å². The second-order valence-electron chi connectivity index (χ2n) is 7.18. The average molecular weight is 251 g/mol. The molecule has 0 aliphatic heterocycles. The first-order valence-electron chi connectivity index (χ1n) is 8.07. The van der Waals surface area contributed by atoms with E-state index < -0.39 is 0 Å². The minimum Gasteiger partial charge on any atom is -0.380 e. The summed E-state index contributed by atoms with van der Waals surface area (Å²) in [5, 5.41) is 3.77. The van der Waals surface area contributed by atoms with Crippen LogP contribution in [0.3, 0.4) is 0 Å². The maximum atomic E-state index is 5.66. The second kappa shape index (κ2) is 5.50. The van der Waals surface area contributed by atoms with Crippen LogP contribution >= 0.6 is 0 Å². The van der Waals surface area contributed by atoms with Crippen LogP contribution in [0.4, 0.5) is 0 Å². The van der Waals surface area contributed by atoms with Gasteiger partial charge in [-0.1, -0.05) is 20.3 Å². The van der Waals surface area contributed by atoms with Crippen LogP contribution in [-0.4, -0.2) is 25.8 Å². The molecule has 0 radical (unpaired) electrons. The molecule has 0 aromatic heterocycles. The fourth-order valence-corrected chi connectivity index (χ4v) is 4.94. The van der Waals surface area contributed by atoms with Crippen molar-refractivity contribution in [1.82, 2.24) is 5.32 Å². The molecule has 3 fully saturated rings. The summed E-state index contributed by atoms with van der Waals surface area (Å²) in [7, 11) is 0. The molecule has 0 heterocycles. The molecule has 0 saturated heterocycles. The quantitative estimate of drug-likeness (QED) is 0.733. The van der Waals surface area contributed by atoms with Gasteiger partial charge >= 0.3 is 0 Å². The lowest BCUT2D eigenvalue weighted by Crippen LogP contribution is -2.40. The van der Waals surface area contributed by atoms with Crippen molar-refractivity contribution in [2.75, 3.05) is 19.8 Å². The predicted molar refractivity (Wildman–Crippen MR) is 74.5 cm³/mol. The standard InChI is InChI=1S/C16H29NO/c1-11(2)10-18-7-6-17-16-9-12-8-15(16)14-5-3-4-13(12)14/h11-17H,3-10H2,1-2H3. The van der Waals surface area contributed by atoms with E-state index in [2.05, 4.69) is 19.2 Å². The molecule has 3 saturated carbocycles. The summed E-state index contributed by atoms with van der Waals surface area (Å²) >= 11 is 0. The third-order valence-electron chi connectivity index (χ3n) is 5.53. The predicted octanol–water partition coefficient (Wildman–Crippen LogP) is 3.07. The van der Waals surface area contributed by atoms with Crippen LogP contribution in [0.5, 0.6) is 0 Å². The van der Waals surface area contributed by atoms with Crippen molar-refractivity contribution in [3.05, 3.63) is 0 Å². The first kappa shape index (κ1) is 12.9. The van der Waals surface area contributed by atoms with E-state index in [0.29, 0.717) is 5.92 Å². The SMILES string of the molecule is CC(C)COCCNC1CC2CC1C1CCCC21. The Hall–Kier alpha value is -0.0800. The highest BCUT2D eigenvalue weighted by molar-refractivity contribution is 5.05. The van der Waals surface area contributed by atoms with Gasteiger partial charge in [-0.25, -0.2) is 0 Å². The summed E-state index contributed by atoms with van der Waals surface area (Å²) < 4.78 is 5.66. The minimum absolute atomic E-state index is 0.659. The van der Waals surface area contributed by atoms with Crippen LogP contribution < -0.4 is 5.32 Å². The molecule has 0 amide bonds. The van der Waals surface area contributed by atoms with Crippen molar-refractivity contribution >= 4 is 0 Å². The normalized spacial score (nSPS) is 41.8. The molecule has 0 aromatic rings. The third-order valence-corrected chi connectivity index (χ3v) is 5.53. The molecule has 0 spiro atoms. The van der Waals surface area contributed by atoms with Crippen molar-refractivity contribution in [1.29, 1.82) is 0 Å². The Balaban J connectivity index is 1.38. The number of hydrogen-bond acceptors (Lipinski definition) is 2. The maximum Gasteiger partial charge on any atom is 0.0591 e. The molecule has 5 unspecified atom stereocenters. The van der Waals surface area contributed by atoms with Crippen LogP contribution in [0.1, 0.15) is 46.0 Å². The van der Waals surface area contributed by atoms with Gasteiger partial charge in [-0.15, -0.1) is 0 Å². The van der Waals surface area contributed by atoms with E-state index in [0.717, 1.165) is 49.5 Å². The van der Waals surface area contributed by atoms with Gasteiger partial charge in [0.05, 0.1) is 6.61 Å². The fraction of sp³-hybridized carbons (Fsp3) is 1.00. The number of rotatable bonds is 6. The first-order valence-corrected chi connectivity index (χ1v) is 8.07. The Morgan fingerprint density at radius 3 is 2.78 bits per heavy atom. The topological polar surface area (TPSA) is 21.3 Å². The van der Waals surface area contributed by atoms with Crippen molar-refractivity contribution in [2.24, 2.45) is 29.6 Å².